The first-order chi connectivity index (χ1) is 9.77. The maximum absolute atomic E-state index is 11.9. The fraction of sp³-hybridized carbons (Fsp3) is 0.583. The first kappa shape index (κ1) is 16.8. The molecule has 1 aromatic heterocycles. The molecule has 9 heteroatoms. The normalized spacial score (nSPS) is 12.2. The van der Waals surface area contributed by atoms with Crippen molar-refractivity contribution in [3.05, 3.63) is 11.4 Å². The molecule has 1 atom stereocenters. The molecule has 0 spiro atoms. The Labute approximate surface area is 121 Å². The van der Waals surface area contributed by atoms with E-state index < -0.39 is 17.9 Å². The number of rotatable bonds is 7. The molecule has 4 N–H and O–H groups in total. The van der Waals surface area contributed by atoms with Crippen molar-refractivity contribution in [2.24, 2.45) is 11.7 Å². The van der Waals surface area contributed by atoms with Gasteiger partial charge in [0.15, 0.2) is 11.5 Å². The molecule has 116 valence electrons. The van der Waals surface area contributed by atoms with Crippen molar-refractivity contribution in [1.29, 1.82) is 0 Å². The highest BCUT2D eigenvalue weighted by atomic mass is 16.4. The Morgan fingerprint density at radius 1 is 1.38 bits per heavy atom. The average molecular weight is 297 g/mol. The molecule has 0 fully saturated rings. The Morgan fingerprint density at radius 3 is 2.43 bits per heavy atom. The number of carboxylic acid groups (broad SMARTS) is 1. The third-order valence-electron chi connectivity index (χ3n) is 2.95. The fourth-order valence-corrected chi connectivity index (χ4v) is 1.92. The quantitative estimate of drug-likeness (QED) is 0.596. The van der Waals surface area contributed by atoms with Crippen molar-refractivity contribution < 1.29 is 19.5 Å². The minimum Gasteiger partial charge on any atom is -0.476 e. The third kappa shape index (κ3) is 4.09. The van der Waals surface area contributed by atoms with Gasteiger partial charge in [-0.2, -0.15) is 0 Å². The van der Waals surface area contributed by atoms with Gasteiger partial charge in [0, 0.05) is 6.54 Å². The summed E-state index contributed by atoms with van der Waals surface area (Å²) in [5.74, 6) is -1.92. The number of amides is 1. The highest BCUT2D eigenvalue weighted by Crippen LogP contribution is 2.06. The molecule has 0 aromatic carbocycles. The van der Waals surface area contributed by atoms with Gasteiger partial charge in [0.25, 0.3) is 0 Å². The van der Waals surface area contributed by atoms with Crippen molar-refractivity contribution in [3.8, 4) is 0 Å². The number of hydrogen-bond donors (Lipinski definition) is 3. The molecular formula is C12H19N5O4. The summed E-state index contributed by atoms with van der Waals surface area (Å²) in [5.41, 5.74) is 5.33. The van der Waals surface area contributed by atoms with Gasteiger partial charge < -0.3 is 16.2 Å². The van der Waals surface area contributed by atoms with E-state index in [1.165, 1.54) is 6.92 Å². The smallest absolute Gasteiger partial charge is 0.358 e. The van der Waals surface area contributed by atoms with Crippen LogP contribution in [0.2, 0.25) is 0 Å². The second kappa shape index (κ2) is 6.93. The maximum atomic E-state index is 11.9. The largest absolute Gasteiger partial charge is 0.476 e. The van der Waals surface area contributed by atoms with Crippen LogP contribution < -0.4 is 11.1 Å². The van der Waals surface area contributed by atoms with Gasteiger partial charge in [-0.3, -0.25) is 9.59 Å². The number of nitrogens with zero attached hydrogens (tertiary/aromatic N) is 3. The summed E-state index contributed by atoms with van der Waals surface area (Å²) in [6, 6.07) is -0.596. The molecule has 1 rings (SSSR count). The topological polar surface area (TPSA) is 140 Å². The van der Waals surface area contributed by atoms with Gasteiger partial charge in [-0.05, 0) is 12.8 Å². The molecule has 1 unspecified atom stereocenters. The van der Waals surface area contributed by atoms with E-state index in [1.807, 2.05) is 13.8 Å². The number of aromatic carboxylic acids is 1. The fourth-order valence-electron chi connectivity index (χ4n) is 1.92. The summed E-state index contributed by atoms with van der Waals surface area (Å²) in [4.78, 5) is 34.3. The molecule has 1 aromatic rings. The van der Waals surface area contributed by atoms with Crippen LogP contribution in [0.5, 0.6) is 0 Å². The molecule has 21 heavy (non-hydrogen) atoms. The van der Waals surface area contributed by atoms with Crippen LogP contribution in [0.25, 0.3) is 0 Å². The zero-order valence-corrected chi connectivity index (χ0v) is 12.2. The number of Topliss-reactive ketones (excluding diaryl/α,β-unsaturated/α-hetero) is 1. The lowest BCUT2D eigenvalue weighted by Gasteiger charge is -2.19. The number of hydrogen-bond acceptors (Lipinski definition) is 6. The molecule has 0 aliphatic heterocycles. The van der Waals surface area contributed by atoms with Crippen LogP contribution in [-0.4, -0.2) is 43.8 Å². The average Bonchev–Trinajstić information content (AvgIpc) is 2.77. The zero-order chi connectivity index (χ0) is 16.2. The molecule has 0 aliphatic carbocycles. The SMILES string of the molecule is CC(=O)C(NC(=O)Cn1nnc(C(=O)O)c1CN)C(C)C. The number of carbonyl (C=O) groups excluding carboxylic acids is 2. The lowest BCUT2D eigenvalue weighted by Crippen LogP contribution is -2.44. The van der Waals surface area contributed by atoms with Gasteiger partial charge in [0.1, 0.15) is 6.54 Å². The van der Waals surface area contributed by atoms with Gasteiger partial charge >= 0.3 is 5.97 Å². The molecule has 1 amide bonds. The van der Waals surface area contributed by atoms with Gasteiger partial charge in [-0.15, -0.1) is 5.10 Å². The maximum Gasteiger partial charge on any atom is 0.358 e. The van der Waals surface area contributed by atoms with E-state index in [0.29, 0.717) is 0 Å². The van der Waals surface area contributed by atoms with Crippen LogP contribution >= 0.6 is 0 Å². The van der Waals surface area contributed by atoms with E-state index in [0.717, 1.165) is 4.68 Å². The highest BCUT2D eigenvalue weighted by molar-refractivity contribution is 5.88. The number of ketones is 1. The lowest BCUT2D eigenvalue weighted by molar-refractivity contribution is -0.128. The van der Waals surface area contributed by atoms with Crippen molar-refractivity contribution >= 4 is 17.7 Å². The van der Waals surface area contributed by atoms with Gasteiger partial charge in [-0.25, -0.2) is 9.48 Å². The standard InChI is InChI=1S/C12H19N5O4/c1-6(2)10(7(3)18)14-9(19)5-17-8(4-13)11(12(20)21)15-16-17/h6,10H,4-5,13H2,1-3H3,(H,14,19)(H,20,21). The number of nitrogens with one attached hydrogen (secondary N) is 1. The number of carboxylic acids is 1. The molecule has 0 saturated carbocycles. The highest BCUT2D eigenvalue weighted by Gasteiger charge is 2.23. The summed E-state index contributed by atoms with van der Waals surface area (Å²) >= 11 is 0. The molecule has 0 radical (unpaired) electrons. The number of nitrogens with two attached hydrogens (primary N) is 1. The lowest BCUT2D eigenvalue weighted by atomic mass is 10.0. The molecule has 0 aliphatic rings. The van der Waals surface area contributed by atoms with E-state index in [9.17, 15) is 14.4 Å². The minimum absolute atomic E-state index is 0.0502. The summed E-state index contributed by atoms with van der Waals surface area (Å²) in [5, 5.41) is 18.6. The number of aromatic nitrogens is 3. The van der Waals surface area contributed by atoms with E-state index in [1.54, 1.807) is 0 Å². The van der Waals surface area contributed by atoms with Crippen LogP contribution in [0.1, 0.15) is 37.0 Å². The van der Waals surface area contributed by atoms with Gasteiger partial charge in [0.05, 0.1) is 11.7 Å². The first-order valence-electron chi connectivity index (χ1n) is 6.43. The van der Waals surface area contributed by atoms with Crippen LogP contribution in [0.4, 0.5) is 0 Å². The van der Waals surface area contributed by atoms with E-state index in [2.05, 4.69) is 15.6 Å². The summed E-state index contributed by atoms with van der Waals surface area (Å²) in [6.45, 7) is 4.67. The molecule has 0 bridgehead atoms. The Bertz CT molecular complexity index is 552. The Morgan fingerprint density at radius 2 is 2.00 bits per heavy atom. The zero-order valence-electron chi connectivity index (χ0n) is 12.2. The van der Waals surface area contributed by atoms with Crippen molar-refractivity contribution in [1.82, 2.24) is 20.3 Å². The number of carbonyl (C=O) groups is 3. The second-order valence-corrected chi connectivity index (χ2v) is 4.95. The van der Waals surface area contributed by atoms with Crippen molar-refractivity contribution in [2.75, 3.05) is 0 Å². The van der Waals surface area contributed by atoms with Gasteiger partial charge in [-0.1, -0.05) is 19.1 Å². The Hall–Kier alpha value is -2.29. The minimum atomic E-state index is -1.26. The monoisotopic (exact) mass is 297 g/mol. The van der Waals surface area contributed by atoms with Gasteiger partial charge in [0.2, 0.25) is 5.91 Å². The Balaban J connectivity index is 2.84. The predicted molar refractivity (Wildman–Crippen MR) is 72.3 cm³/mol. The third-order valence-corrected chi connectivity index (χ3v) is 2.95. The van der Waals surface area contributed by atoms with E-state index in [-0.39, 0.29) is 36.2 Å². The van der Waals surface area contributed by atoms with Crippen molar-refractivity contribution in [2.45, 2.75) is 39.9 Å². The summed E-state index contributed by atoms with van der Waals surface area (Å²) in [6.07, 6.45) is 0. The Kier molecular flexibility index (Phi) is 5.53. The molecule has 0 saturated heterocycles. The molecule has 1 heterocycles. The first-order valence-corrected chi connectivity index (χ1v) is 6.43. The van der Waals surface area contributed by atoms with E-state index in [4.69, 9.17) is 10.8 Å². The predicted octanol–water partition coefficient (Wildman–Crippen LogP) is -0.835. The molecule has 9 nitrogen and oxygen atoms in total. The van der Waals surface area contributed by atoms with Crippen LogP contribution in [0.3, 0.4) is 0 Å². The summed E-state index contributed by atoms with van der Waals surface area (Å²) < 4.78 is 1.12. The second-order valence-electron chi connectivity index (χ2n) is 4.95. The van der Waals surface area contributed by atoms with Crippen LogP contribution in [0.15, 0.2) is 0 Å². The van der Waals surface area contributed by atoms with Crippen LogP contribution in [0, 0.1) is 5.92 Å². The van der Waals surface area contributed by atoms with Crippen LogP contribution in [-0.2, 0) is 22.7 Å². The molecular weight excluding hydrogens is 278 g/mol. The summed E-state index contributed by atoms with van der Waals surface area (Å²) in [7, 11) is 0. The van der Waals surface area contributed by atoms with E-state index >= 15 is 0 Å². The van der Waals surface area contributed by atoms with Crippen molar-refractivity contribution in [3.63, 3.8) is 0 Å².